The molecule has 2 nitrogen and oxygen atoms in total. The third-order valence-corrected chi connectivity index (χ3v) is 12.8. The largest absolute Gasteiger partial charge is 0.489 e. The number of benzene rings is 8. The summed E-state index contributed by atoms with van der Waals surface area (Å²) in [7, 11) is 0. The quantitative estimate of drug-likeness (QED) is 0.0348. The molecule has 0 aliphatic rings. The molecule has 0 N–H and O–H groups in total. The molecule has 0 aliphatic heterocycles. The van der Waals surface area contributed by atoms with Gasteiger partial charge in [-0.1, -0.05) is 214 Å². The van der Waals surface area contributed by atoms with E-state index in [1.54, 1.807) is 0 Å². The van der Waals surface area contributed by atoms with Crippen molar-refractivity contribution in [2.45, 2.75) is 142 Å². The molecule has 292 valence electrons. The summed E-state index contributed by atoms with van der Waals surface area (Å²) in [6.45, 7) is 6.01. The Kier molecular flexibility index (Phi) is 12.9. The molecule has 0 bridgehead atoms. The van der Waals surface area contributed by atoms with Crippen molar-refractivity contribution >= 4 is 75.4 Å². The number of fused-ring (bicyclic) bond motifs is 7. The van der Waals surface area contributed by atoms with Gasteiger partial charge in [0.15, 0.2) is 11.5 Å². The number of rotatable bonds is 24. The highest BCUT2D eigenvalue weighted by Crippen LogP contribution is 2.56. The topological polar surface area (TPSA) is 18.5 Å². The van der Waals surface area contributed by atoms with Crippen LogP contribution in [0, 0.1) is 0 Å². The van der Waals surface area contributed by atoms with E-state index in [1.807, 2.05) is 0 Å². The Labute approximate surface area is 335 Å². The van der Waals surface area contributed by atoms with Crippen LogP contribution in [0.2, 0.25) is 0 Å². The van der Waals surface area contributed by atoms with Gasteiger partial charge >= 0.3 is 0 Å². The molecule has 8 rings (SSSR count). The zero-order chi connectivity index (χ0) is 38.1. The van der Waals surface area contributed by atoms with Gasteiger partial charge in [0.05, 0.1) is 13.2 Å². The van der Waals surface area contributed by atoms with Crippen molar-refractivity contribution in [3.63, 3.8) is 0 Å². The molecule has 0 saturated heterocycles. The predicted octanol–water partition coefficient (Wildman–Crippen LogP) is 17.2. The average Bonchev–Trinajstić information content (AvgIpc) is 3.24. The zero-order valence-electron chi connectivity index (χ0n) is 34.5. The SMILES string of the molecule is CCCCCCCCCCCCOc1c(OCCCCCCCCCCCC)c2c3ccccc3c3cccc4c5cccc6c7ccccc7c1c(c65)c2c34. The van der Waals surface area contributed by atoms with Crippen LogP contribution >= 0.6 is 0 Å². The third kappa shape index (κ3) is 7.70. The van der Waals surface area contributed by atoms with E-state index in [4.69, 9.17) is 9.47 Å². The highest BCUT2D eigenvalue weighted by atomic mass is 16.5. The summed E-state index contributed by atoms with van der Waals surface area (Å²) in [5.41, 5.74) is 0. The second-order valence-corrected chi connectivity index (χ2v) is 16.8. The maximum Gasteiger partial charge on any atom is 0.170 e. The van der Waals surface area contributed by atoms with Crippen molar-refractivity contribution in [2.24, 2.45) is 0 Å². The molecule has 0 unspecified atom stereocenters. The lowest BCUT2D eigenvalue weighted by Gasteiger charge is -2.26. The van der Waals surface area contributed by atoms with E-state index in [-0.39, 0.29) is 0 Å². The van der Waals surface area contributed by atoms with Gasteiger partial charge in [-0.15, -0.1) is 0 Å². The molecule has 0 amide bonds. The van der Waals surface area contributed by atoms with E-state index in [1.165, 1.54) is 191 Å². The Hall–Kier alpha value is -4.30. The van der Waals surface area contributed by atoms with Gasteiger partial charge in [-0.2, -0.15) is 0 Å². The molecule has 0 aromatic heterocycles. The van der Waals surface area contributed by atoms with Crippen molar-refractivity contribution in [2.75, 3.05) is 13.2 Å². The smallest absolute Gasteiger partial charge is 0.170 e. The second kappa shape index (κ2) is 18.8. The van der Waals surface area contributed by atoms with Crippen LogP contribution in [-0.2, 0) is 0 Å². The van der Waals surface area contributed by atoms with Gasteiger partial charge in [0.25, 0.3) is 0 Å². The number of ether oxygens (including phenoxy) is 2. The monoisotopic (exact) mass is 744 g/mol. The summed E-state index contributed by atoms with van der Waals surface area (Å²) in [5.74, 6) is 1.90. The first kappa shape index (κ1) is 38.6. The van der Waals surface area contributed by atoms with Gasteiger partial charge in [0.1, 0.15) is 0 Å². The summed E-state index contributed by atoms with van der Waals surface area (Å²) in [4.78, 5) is 0. The van der Waals surface area contributed by atoms with E-state index in [0.29, 0.717) is 13.2 Å². The Morgan fingerprint density at radius 3 is 0.893 bits per heavy atom. The first-order valence-corrected chi connectivity index (χ1v) is 22.8. The fourth-order valence-corrected chi connectivity index (χ4v) is 9.93. The summed E-state index contributed by atoms with van der Waals surface area (Å²) >= 11 is 0. The maximum absolute atomic E-state index is 7.19. The van der Waals surface area contributed by atoms with Crippen molar-refractivity contribution in [3.05, 3.63) is 84.9 Å². The summed E-state index contributed by atoms with van der Waals surface area (Å²) < 4.78 is 14.4. The Morgan fingerprint density at radius 1 is 0.268 bits per heavy atom. The molecule has 0 heterocycles. The normalized spacial score (nSPS) is 12.2. The Morgan fingerprint density at radius 2 is 0.536 bits per heavy atom. The average molecular weight is 745 g/mol. The highest BCUT2D eigenvalue weighted by molar-refractivity contribution is 6.48. The van der Waals surface area contributed by atoms with Gasteiger partial charge in [-0.05, 0) is 66.7 Å². The van der Waals surface area contributed by atoms with Crippen LogP contribution in [0.4, 0.5) is 0 Å². The van der Waals surface area contributed by atoms with Gasteiger partial charge in [0, 0.05) is 21.5 Å². The number of hydrogen-bond donors (Lipinski definition) is 0. The lowest BCUT2D eigenvalue weighted by atomic mass is 9.81. The molecule has 56 heavy (non-hydrogen) atoms. The second-order valence-electron chi connectivity index (χ2n) is 16.8. The summed E-state index contributed by atoms with van der Waals surface area (Å²) in [6, 6.07) is 31.9. The van der Waals surface area contributed by atoms with E-state index in [0.717, 1.165) is 24.3 Å². The van der Waals surface area contributed by atoms with E-state index >= 15 is 0 Å². The van der Waals surface area contributed by atoms with E-state index < -0.39 is 0 Å². The molecule has 0 radical (unpaired) electrons. The Bertz CT molecular complexity index is 2300. The van der Waals surface area contributed by atoms with Crippen LogP contribution in [0.3, 0.4) is 0 Å². The van der Waals surface area contributed by atoms with Crippen LogP contribution in [0.25, 0.3) is 75.4 Å². The molecule has 8 aromatic rings. The minimum absolute atomic E-state index is 0.705. The van der Waals surface area contributed by atoms with Gasteiger partial charge in [-0.25, -0.2) is 0 Å². The number of unbranched alkanes of at least 4 members (excludes halogenated alkanes) is 18. The first-order chi connectivity index (χ1) is 27.8. The summed E-state index contributed by atoms with van der Waals surface area (Å²) in [6.07, 6.45) is 26.2. The van der Waals surface area contributed by atoms with Crippen LogP contribution in [0.5, 0.6) is 11.5 Å². The predicted molar refractivity (Wildman–Crippen MR) is 246 cm³/mol. The molecular weight excluding hydrogens is 681 g/mol. The molecule has 0 aliphatic carbocycles. The first-order valence-electron chi connectivity index (χ1n) is 22.8. The van der Waals surface area contributed by atoms with E-state index in [2.05, 4.69) is 98.8 Å². The molecule has 0 spiro atoms. The highest BCUT2D eigenvalue weighted by Gasteiger charge is 2.28. The minimum atomic E-state index is 0.705. The molecule has 2 heteroatoms. The lowest BCUT2D eigenvalue weighted by molar-refractivity contribution is 0.263. The van der Waals surface area contributed by atoms with Gasteiger partial charge < -0.3 is 9.47 Å². The fourth-order valence-electron chi connectivity index (χ4n) is 9.93. The molecule has 0 fully saturated rings. The minimum Gasteiger partial charge on any atom is -0.489 e. The standard InChI is InChI=1S/C54H64O2/c1-3-5-7-9-11-13-15-17-19-25-37-55-53-49-43-31-23-21-29-39(43)41-33-27-35-45-46-36-28-34-42-40-30-22-24-32-44(40)50(52(48(42)46)51(49)47(41)45)54(53)56-38-26-20-18-16-14-12-10-8-6-4-2/h21-24,27-36H,3-20,25-26,37-38H2,1-2H3. The van der Waals surface area contributed by atoms with E-state index in [9.17, 15) is 0 Å². The molecule has 0 saturated carbocycles. The lowest BCUT2D eigenvalue weighted by Crippen LogP contribution is -2.06. The van der Waals surface area contributed by atoms with Crippen LogP contribution in [-0.4, -0.2) is 13.2 Å². The molecular formula is C54H64O2. The van der Waals surface area contributed by atoms with Crippen molar-refractivity contribution < 1.29 is 9.47 Å². The van der Waals surface area contributed by atoms with Crippen LogP contribution < -0.4 is 9.47 Å². The van der Waals surface area contributed by atoms with Crippen molar-refractivity contribution in [1.82, 2.24) is 0 Å². The van der Waals surface area contributed by atoms with Crippen LogP contribution in [0.1, 0.15) is 142 Å². The summed E-state index contributed by atoms with van der Waals surface area (Å²) in [5, 5.41) is 18.2. The number of hydrogen-bond acceptors (Lipinski definition) is 2. The van der Waals surface area contributed by atoms with Crippen molar-refractivity contribution in [3.8, 4) is 11.5 Å². The van der Waals surface area contributed by atoms with Gasteiger partial charge in [0.2, 0.25) is 0 Å². The van der Waals surface area contributed by atoms with Gasteiger partial charge in [-0.3, -0.25) is 0 Å². The molecule has 0 atom stereocenters. The third-order valence-electron chi connectivity index (χ3n) is 12.8. The van der Waals surface area contributed by atoms with Crippen LogP contribution in [0.15, 0.2) is 84.9 Å². The van der Waals surface area contributed by atoms with Crippen molar-refractivity contribution in [1.29, 1.82) is 0 Å². The fraction of sp³-hybridized carbons (Fsp3) is 0.444. The molecule has 8 aromatic carbocycles. The maximum atomic E-state index is 7.19. The zero-order valence-corrected chi connectivity index (χ0v) is 34.5. The Balaban J connectivity index is 1.19.